The van der Waals surface area contributed by atoms with Gasteiger partial charge in [0.05, 0.1) is 9.37 Å². The van der Waals surface area contributed by atoms with Gasteiger partial charge in [0.2, 0.25) is 10.0 Å². The van der Waals surface area contributed by atoms with Gasteiger partial charge in [0.25, 0.3) is 0 Å². The minimum atomic E-state index is -3.50. The van der Waals surface area contributed by atoms with E-state index < -0.39 is 15.8 Å². The van der Waals surface area contributed by atoms with Gasteiger partial charge >= 0.3 is 0 Å². The van der Waals surface area contributed by atoms with Gasteiger partial charge in [-0.2, -0.15) is 0 Å². The summed E-state index contributed by atoms with van der Waals surface area (Å²) in [6.07, 6.45) is 0.734. The van der Waals surface area contributed by atoms with Crippen LogP contribution in [0.5, 0.6) is 0 Å². The van der Waals surface area contributed by atoms with Crippen molar-refractivity contribution in [1.29, 1.82) is 0 Å². The molecule has 16 heavy (non-hydrogen) atoms. The van der Waals surface area contributed by atoms with Crippen molar-refractivity contribution in [3.63, 3.8) is 0 Å². The third-order valence-electron chi connectivity index (χ3n) is 2.14. The summed E-state index contributed by atoms with van der Waals surface area (Å²) in [4.78, 5) is 0.0942. The van der Waals surface area contributed by atoms with Crippen molar-refractivity contribution in [2.24, 2.45) is 0 Å². The lowest BCUT2D eigenvalue weighted by Gasteiger charge is -2.16. The second-order valence-electron chi connectivity index (χ2n) is 3.40. The largest absolute Gasteiger partial charge is 0.242 e. The van der Waals surface area contributed by atoms with Crippen LogP contribution in [0.2, 0.25) is 0 Å². The van der Waals surface area contributed by atoms with Crippen LogP contribution in [0.3, 0.4) is 0 Å². The maximum absolute atomic E-state index is 13.0. The van der Waals surface area contributed by atoms with E-state index in [1.54, 1.807) is 0 Å². The molecule has 0 aliphatic carbocycles. The number of benzene rings is 1. The van der Waals surface area contributed by atoms with Crippen molar-refractivity contribution in [3.05, 3.63) is 28.5 Å². The maximum atomic E-state index is 13.0. The normalized spacial score (nSPS) is 12.1. The van der Waals surface area contributed by atoms with E-state index in [1.807, 2.05) is 6.92 Å². The van der Waals surface area contributed by atoms with Gasteiger partial charge in [-0.15, -0.1) is 0 Å². The zero-order valence-electron chi connectivity index (χ0n) is 9.07. The van der Waals surface area contributed by atoms with Gasteiger partial charge in [-0.25, -0.2) is 17.1 Å². The maximum Gasteiger partial charge on any atom is 0.242 e. The first-order chi connectivity index (χ1) is 7.39. The van der Waals surface area contributed by atoms with Gasteiger partial charge in [-0.3, -0.25) is 0 Å². The fourth-order valence-electron chi connectivity index (χ4n) is 1.25. The Bertz CT molecular complexity index is 476. The molecule has 1 aromatic carbocycles. The second kappa shape index (κ2) is 5.25. The van der Waals surface area contributed by atoms with E-state index in [0.717, 1.165) is 12.5 Å². The molecule has 0 aliphatic heterocycles. The van der Waals surface area contributed by atoms with Crippen LogP contribution >= 0.6 is 15.9 Å². The van der Waals surface area contributed by atoms with Crippen molar-refractivity contribution in [2.75, 3.05) is 13.6 Å². The molecule has 0 saturated heterocycles. The van der Waals surface area contributed by atoms with E-state index in [1.165, 1.54) is 23.5 Å². The van der Waals surface area contributed by atoms with Gasteiger partial charge in [-0.1, -0.05) is 6.92 Å². The van der Waals surface area contributed by atoms with E-state index in [0.29, 0.717) is 6.54 Å². The van der Waals surface area contributed by atoms with Gasteiger partial charge in [-0.05, 0) is 40.5 Å². The number of rotatable bonds is 4. The molecule has 6 heteroatoms. The summed E-state index contributed by atoms with van der Waals surface area (Å²) in [6.45, 7) is 2.34. The molecule has 0 spiro atoms. The highest BCUT2D eigenvalue weighted by atomic mass is 79.9. The molecule has 1 rings (SSSR count). The van der Waals surface area contributed by atoms with Crippen LogP contribution in [0.1, 0.15) is 13.3 Å². The van der Waals surface area contributed by atoms with Crippen molar-refractivity contribution in [3.8, 4) is 0 Å². The number of sulfonamides is 1. The molecule has 0 unspecified atom stereocenters. The second-order valence-corrected chi connectivity index (χ2v) is 6.30. The SMILES string of the molecule is CCCN(C)S(=O)(=O)c1ccc(F)c(Br)c1. The van der Waals surface area contributed by atoms with Crippen LogP contribution in [0, 0.1) is 5.82 Å². The number of hydrogen-bond donors (Lipinski definition) is 0. The molecule has 0 heterocycles. The quantitative estimate of drug-likeness (QED) is 0.857. The minimum absolute atomic E-state index is 0.0942. The molecule has 0 saturated carbocycles. The Morgan fingerprint density at radius 1 is 1.44 bits per heavy atom. The molecular formula is C10H13BrFNO2S. The Balaban J connectivity index is 3.12. The van der Waals surface area contributed by atoms with Crippen molar-refractivity contribution < 1.29 is 12.8 Å². The summed E-state index contributed by atoms with van der Waals surface area (Å²) in [5, 5.41) is 0. The van der Waals surface area contributed by atoms with E-state index in [4.69, 9.17) is 0 Å². The first kappa shape index (κ1) is 13.6. The summed E-state index contributed by atoms with van der Waals surface area (Å²) >= 11 is 2.97. The average Bonchev–Trinajstić information content (AvgIpc) is 2.22. The molecule has 90 valence electrons. The summed E-state index contributed by atoms with van der Waals surface area (Å²) in [5.41, 5.74) is 0. The molecule has 1 aromatic rings. The smallest absolute Gasteiger partial charge is 0.207 e. The van der Waals surface area contributed by atoms with Gasteiger partial charge in [0, 0.05) is 13.6 Å². The molecule has 0 atom stereocenters. The molecule has 0 bridgehead atoms. The molecule has 0 amide bonds. The highest BCUT2D eigenvalue weighted by Crippen LogP contribution is 2.22. The van der Waals surface area contributed by atoms with Crippen LogP contribution in [-0.4, -0.2) is 26.3 Å². The molecular weight excluding hydrogens is 297 g/mol. The highest BCUT2D eigenvalue weighted by Gasteiger charge is 2.20. The van der Waals surface area contributed by atoms with Crippen LogP contribution < -0.4 is 0 Å². The predicted molar refractivity (Wildman–Crippen MR) is 64.2 cm³/mol. The molecule has 3 nitrogen and oxygen atoms in total. The Labute approximate surface area is 103 Å². The Morgan fingerprint density at radius 2 is 2.06 bits per heavy atom. The lowest BCUT2D eigenvalue weighted by Crippen LogP contribution is -2.27. The Hall–Kier alpha value is -0.460. The summed E-state index contributed by atoms with van der Waals surface area (Å²) < 4.78 is 38.3. The van der Waals surface area contributed by atoms with Crippen LogP contribution in [-0.2, 0) is 10.0 Å². The molecule has 0 aromatic heterocycles. The first-order valence-electron chi connectivity index (χ1n) is 4.81. The van der Waals surface area contributed by atoms with Gasteiger partial charge in [0.15, 0.2) is 0 Å². The lowest BCUT2D eigenvalue weighted by atomic mass is 10.3. The topological polar surface area (TPSA) is 37.4 Å². The molecule has 0 fully saturated rings. The van der Waals surface area contributed by atoms with E-state index >= 15 is 0 Å². The van der Waals surface area contributed by atoms with Gasteiger partial charge in [0.1, 0.15) is 5.82 Å². The third kappa shape index (κ3) is 2.81. The van der Waals surface area contributed by atoms with Crippen molar-refractivity contribution in [2.45, 2.75) is 18.2 Å². The Morgan fingerprint density at radius 3 is 2.56 bits per heavy atom. The van der Waals surface area contributed by atoms with E-state index in [2.05, 4.69) is 15.9 Å². The zero-order chi connectivity index (χ0) is 12.3. The fraction of sp³-hybridized carbons (Fsp3) is 0.400. The van der Waals surface area contributed by atoms with Crippen LogP contribution in [0.4, 0.5) is 4.39 Å². The highest BCUT2D eigenvalue weighted by molar-refractivity contribution is 9.10. The summed E-state index contributed by atoms with van der Waals surface area (Å²) in [6, 6.07) is 3.68. The lowest BCUT2D eigenvalue weighted by molar-refractivity contribution is 0.468. The van der Waals surface area contributed by atoms with Crippen LogP contribution in [0.25, 0.3) is 0 Å². The first-order valence-corrected chi connectivity index (χ1v) is 7.04. The third-order valence-corrected chi connectivity index (χ3v) is 4.60. The van der Waals surface area contributed by atoms with Crippen molar-refractivity contribution >= 4 is 26.0 Å². The monoisotopic (exact) mass is 309 g/mol. The fourth-order valence-corrected chi connectivity index (χ4v) is 3.07. The zero-order valence-corrected chi connectivity index (χ0v) is 11.5. The number of hydrogen-bond acceptors (Lipinski definition) is 2. The summed E-state index contributed by atoms with van der Waals surface area (Å²) in [7, 11) is -1.99. The summed E-state index contributed by atoms with van der Waals surface area (Å²) in [5.74, 6) is -0.475. The average molecular weight is 310 g/mol. The van der Waals surface area contributed by atoms with E-state index in [9.17, 15) is 12.8 Å². The number of nitrogens with zero attached hydrogens (tertiary/aromatic N) is 1. The molecule has 0 N–H and O–H groups in total. The molecule has 0 aliphatic rings. The molecule has 0 radical (unpaired) electrons. The van der Waals surface area contributed by atoms with E-state index in [-0.39, 0.29) is 9.37 Å². The number of halogens is 2. The van der Waals surface area contributed by atoms with Crippen molar-refractivity contribution in [1.82, 2.24) is 4.31 Å². The van der Waals surface area contributed by atoms with Crippen LogP contribution in [0.15, 0.2) is 27.6 Å². The minimum Gasteiger partial charge on any atom is -0.207 e. The standard InChI is InChI=1S/C10H13BrFNO2S/c1-3-6-13(2)16(14,15)8-4-5-10(12)9(11)7-8/h4-5,7H,3,6H2,1-2H3. The Kier molecular flexibility index (Phi) is 4.46. The van der Waals surface area contributed by atoms with Gasteiger partial charge < -0.3 is 0 Å². The predicted octanol–water partition coefficient (Wildman–Crippen LogP) is 2.62.